The maximum atomic E-state index is 12.4. The lowest BCUT2D eigenvalue weighted by Gasteiger charge is -2.19. The molecular formula is C21H24N2O4S. The van der Waals surface area contributed by atoms with Crippen LogP contribution in [0.1, 0.15) is 34.8 Å². The molecule has 0 unspecified atom stereocenters. The largest absolute Gasteiger partial charge is 0.460 e. The first-order valence-electron chi connectivity index (χ1n) is 9.31. The fraction of sp³-hybridized carbons (Fsp3) is 0.333. The van der Waals surface area contributed by atoms with E-state index in [1.165, 1.54) is 0 Å². The monoisotopic (exact) mass is 400 g/mol. The molecule has 148 valence electrons. The van der Waals surface area contributed by atoms with Gasteiger partial charge in [-0.1, -0.05) is 31.2 Å². The van der Waals surface area contributed by atoms with E-state index in [9.17, 15) is 9.59 Å². The third-order valence-corrected chi connectivity index (χ3v) is 5.27. The highest BCUT2D eigenvalue weighted by Gasteiger charge is 2.23. The molecule has 0 aliphatic carbocycles. The summed E-state index contributed by atoms with van der Waals surface area (Å²) >= 11 is 1.61. The van der Waals surface area contributed by atoms with Crippen molar-refractivity contribution in [3.63, 3.8) is 0 Å². The predicted molar refractivity (Wildman–Crippen MR) is 109 cm³/mol. The molecule has 0 spiro atoms. The van der Waals surface area contributed by atoms with Crippen LogP contribution in [-0.4, -0.2) is 36.5 Å². The molecule has 0 atom stereocenters. The molecule has 0 radical (unpaired) electrons. The van der Waals surface area contributed by atoms with E-state index in [4.69, 9.17) is 9.15 Å². The second kappa shape index (κ2) is 9.52. The zero-order valence-corrected chi connectivity index (χ0v) is 16.9. The number of ether oxygens (including phenoxy) is 1. The summed E-state index contributed by atoms with van der Waals surface area (Å²) in [5.41, 5.74) is 1.39. The third kappa shape index (κ3) is 4.79. The fourth-order valence-electron chi connectivity index (χ4n) is 2.98. The van der Waals surface area contributed by atoms with E-state index in [1.54, 1.807) is 18.3 Å². The van der Waals surface area contributed by atoms with Crippen LogP contribution in [0, 0.1) is 0 Å². The SMILES string of the molecule is CCOC(=O)c1oc2ccccc2c1CN(CC)CC(=O)NCc1cccs1. The van der Waals surface area contributed by atoms with Gasteiger partial charge in [0.1, 0.15) is 5.58 Å². The quantitative estimate of drug-likeness (QED) is 0.553. The number of rotatable bonds is 9. The highest BCUT2D eigenvalue weighted by atomic mass is 32.1. The average Bonchev–Trinajstić information content (AvgIpc) is 3.34. The summed E-state index contributed by atoms with van der Waals surface area (Å²) in [6, 6.07) is 11.5. The van der Waals surface area contributed by atoms with Crippen LogP contribution in [0.5, 0.6) is 0 Å². The maximum Gasteiger partial charge on any atom is 0.374 e. The van der Waals surface area contributed by atoms with E-state index in [-0.39, 0.29) is 24.8 Å². The van der Waals surface area contributed by atoms with E-state index in [1.807, 2.05) is 53.6 Å². The molecule has 28 heavy (non-hydrogen) atoms. The number of hydrogen-bond donors (Lipinski definition) is 1. The lowest BCUT2D eigenvalue weighted by atomic mass is 10.1. The molecule has 0 saturated carbocycles. The Labute approximate surface area is 168 Å². The third-order valence-electron chi connectivity index (χ3n) is 4.40. The minimum absolute atomic E-state index is 0.0549. The van der Waals surface area contributed by atoms with Crippen LogP contribution in [-0.2, 0) is 22.6 Å². The normalized spacial score (nSPS) is 11.1. The number of furan rings is 1. The summed E-state index contributed by atoms with van der Waals surface area (Å²) in [6.45, 7) is 5.87. The maximum absolute atomic E-state index is 12.4. The summed E-state index contributed by atoms with van der Waals surface area (Å²) in [5, 5.41) is 5.79. The van der Waals surface area contributed by atoms with Crippen LogP contribution >= 0.6 is 11.3 Å². The molecule has 0 aliphatic rings. The van der Waals surface area contributed by atoms with Gasteiger partial charge in [-0.15, -0.1) is 11.3 Å². The van der Waals surface area contributed by atoms with Crippen molar-refractivity contribution in [1.29, 1.82) is 0 Å². The van der Waals surface area contributed by atoms with E-state index < -0.39 is 5.97 Å². The summed E-state index contributed by atoms with van der Waals surface area (Å²) in [4.78, 5) is 27.8. The minimum atomic E-state index is -0.480. The fourth-order valence-corrected chi connectivity index (χ4v) is 3.62. The Hall–Kier alpha value is -2.64. The number of fused-ring (bicyclic) bond motifs is 1. The zero-order valence-electron chi connectivity index (χ0n) is 16.1. The Morgan fingerprint density at radius 2 is 2.00 bits per heavy atom. The molecule has 1 amide bonds. The Morgan fingerprint density at radius 3 is 2.71 bits per heavy atom. The number of para-hydroxylation sites is 1. The van der Waals surface area contributed by atoms with Crippen molar-refractivity contribution in [2.75, 3.05) is 19.7 Å². The van der Waals surface area contributed by atoms with Gasteiger partial charge in [0.2, 0.25) is 11.7 Å². The second-order valence-electron chi connectivity index (χ2n) is 6.29. The first-order chi connectivity index (χ1) is 13.6. The minimum Gasteiger partial charge on any atom is -0.460 e. The Bertz CT molecular complexity index is 933. The molecule has 0 saturated heterocycles. The van der Waals surface area contributed by atoms with Crippen LogP contribution in [0.2, 0.25) is 0 Å². The van der Waals surface area contributed by atoms with E-state index >= 15 is 0 Å². The summed E-state index contributed by atoms with van der Waals surface area (Å²) < 4.78 is 10.9. The van der Waals surface area contributed by atoms with Crippen LogP contribution in [0.15, 0.2) is 46.2 Å². The van der Waals surface area contributed by atoms with Gasteiger partial charge in [0.15, 0.2) is 0 Å². The van der Waals surface area contributed by atoms with Crippen molar-refractivity contribution in [3.05, 3.63) is 58.0 Å². The van der Waals surface area contributed by atoms with Crippen LogP contribution in [0.4, 0.5) is 0 Å². The molecule has 1 N–H and O–H groups in total. The lowest BCUT2D eigenvalue weighted by Crippen LogP contribution is -2.36. The van der Waals surface area contributed by atoms with Gasteiger partial charge < -0.3 is 14.5 Å². The van der Waals surface area contributed by atoms with Crippen LogP contribution in [0.25, 0.3) is 11.0 Å². The molecule has 0 bridgehead atoms. The average molecular weight is 401 g/mol. The van der Waals surface area contributed by atoms with E-state index in [0.717, 1.165) is 15.8 Å². The predicted octanol–water partition coefficient (Wildman–Crippen LogP) is 3.81. The van der Waals surface area contributed by atoms with Crippen molar-refractivity contribution < 1.29 is 18.7 Å². The van der Waals surface area contributed by atoms with Crippen molar-refractivity contribution >= 4 is 34.2 Å². The molecule has 0 fully saturated rings. The number of carbonyl (C=O) groups is 2. The van der Waals surface area contributed by atoms with Crippen LogP contribution in [0.3, 0.4) is 0 Å². The number of benzene rings is 1. The van der Waals surface area contributed by atoms with Gasteiger partial charge in [-0.05, 0) is 31.0 Å². The number of esters is 1. The molecule has 3 aromatic rings. The summed E-state index contributed by atoms with van der Waals surface area (Å²) in [6.07, 6.45) is 0. The van der Waals surface area contributed by atoms with Crippen molar-refractivity contribution in [2.24, 2.45) is 0 Å². The summed E-state index contributed by atoms with van der Waals surface area (Å²) in [5.74, 6) is -0.326. The zero-order chi connectivity index (χ0) is 19.9. The molecule has 1 aromatic carbocycles. The lowest BCUT2D eigenvalue weighted by molar-refractivity contribution is -0.122. The van der Waals surface area contributed by atoms with Gasteiger partial charge in [0.25, 0.3) is 0 Å². The number of likely N-dealkylation sites (N-methyl/N-ethyl adjacent to an activating group) is 1. The highest BCUT2D eigenvalue weighted by Crippen LogP contribution is 2.27. The summed E-state index contributed by atoms with van der Waals surface area (Å²) in [7, 11) is 0. The Morgan fingerprint density at radius 1 is 1.18 bits per heavy atom. The van der Waals surface area contributed by atoms with Gasteiger partial charge in [0.05, 0.1) is 19.7 Å². The highest BCUT2D eigenvalue weighted by molar-refractivity contribution is 7.09. The van der Waals surface area contributed by atoms with Gasteiger partial charge >= 0.3 is 5.97 Å². The molecule has 0 aliphatic heterocycles. The van der Waals surface area contributed by atoms with Crippen molar-refractivity contribution in [2.45, 2.75) is 26.9 Å². The van der Waals surface area contributed by atoms with Gasteiger partial charge in [-0.2, -0.15) is 0 Å². The Kier molecular flexibility index (Phi) is 6.84. The van der Waals surface area contributed by atoms with Gasteiger partial charge in [-0.3, -0.25) is 9.69 Å². The molecule has 7 heteroatoms. The number of amides is 1. The number of nitrogens with one attached hydrogen (secondary N) is 1. The molecule has 2 aromatic heterocycles. The van der Waals surface area contributed by atoms with Crippen LogP contribution < -0.4 is 5.32 Å². The molecule has 2 heterocycles. The first-order valence-corrected chi connectivity index (χ1v) is 10.2. The smallest absolute Gasteiger partial charge is 0.374 e. The van der Waals surface area contributed by atoms with E-state index in [0.29, 0.717) is 25.2 Å². The van der Waals surface area contributed by atoms with Crippen molar-refractivity contribution in [1.82, 2.24) is 10.2 Å². The molecule has 3 rings (SSSR count). The number of hydrogen-bond acceptors (Lipinski definition) is 6. The number of nitrogens with zero attached hydrogens (tertiary/aromatic N) is 1. The standard InChI is InChI=1S/C21H24N2O4S/c1-3-23(14-19(24)22-12-15-8-7-11-28-15)13-17-16-9-5-6-10-18(16)27-20(17)21(25)26-4-2/h5-11H,3-4,12-14H2,1-2H3,(H,22,24). The topological polar surface area (TPSA) is 71.8 Å². The van der Waals surface area contributed by atoms with Gasteiger partial charge in [0, 0.05) is 22.4 Å². The van der Waals surface area contributed by atoms with E-state index in [2.05, 4.69) is 5.32 Å². The number of carbonyl (C=O) groups excluding carboxylic acids is 2. The number of thiophene rings is 1. The van der Waals surface area contributed by atoms with Crippen molar-refractivity contribution in [3.8, 4) is 0 Å². The Balaban J connectivity index is 1.74. The van der Waals surface area contributed by atoms with Gasteiger partial charge in [-0.25, -0.2) is 4.79 Å². The molecule has 6 nitrogen and oxygen atoms in total. The second-order valence-corrected chi connectivity index (χ2v) is 7.32. The first kappa shape index (κ1) is 20.1. The molecular weight excluding hydrogens is 376 g/mol.